The molecule has 0 aromatic carbocycles. The van der Waals surface area contributed by atoms with Crippen LogP contribution in [0.2, 0.25) is 0 Å². The number of aliphatic hydroxyl groups is 2. The predicted octanol–water partition coefficient (Wildman–Crippen LogP) is 1.13. The zero-order valence-corrected chi connectivity index (χ0v) is 10.1. The summed E-state index contributed by atoms with van der Waals surface area (Å²) in [5.41, 5.74) is -0.135. The highest BCUT2D eigenvalue weighted by atomic mass is 19.3. The van der Waals surface area contributed by atoms with E-state index < -0.39 is 18.1 Å². The molecule has 1 saturated heterocycles. The number of anilines is 1. The van der Waals surface area contributed by atoms with Crippen molar-refractivity contribution in [3.63, 3.8) is 0 Å². The van der Waals surface area contributed by atoms with E-state index in [4.69, 9.17) is 0 Å². The normalized spacial score (nSPS) is 25.3. The first-order valence-corrected chi connectivity index (χ1v) is 5.83. The summed E-state index contributed by atoms with van der Waals surface area (Å²) >= 11 is 0. The smallest absolute Gasteiger partial charge is 0.272 e. The van der Waals surface area contributed by atoms with Gasteiger partial charge in [-0.05, 0) is 18.6 Å². The van der Waals surface area contributed by atoms with Gasteiger partial charge in [0.05, 0.1) is 12.2 Å². The lowest BCUT2D eigenvalue weighted by atomic mass is 10.1. The summed E-state index contributed by atoms with van der Waals surface area (Å²) in [4.78, 5) is 5.75. The van der Waals surface area contributed by atoms with Crippen LogP contribution in [-0.4, -0.2) is 40.5 Å². The Morgan fingerprint density at radius 2 is 2.06 bits per heavy atom. The van der Waals surface area contributed by atoms with Gasteiger partial charge in [-0.2, -0.15) is 0 Å². The molecule has 0 spiro atoms. The number of alkyl halides is 2. The second-order valence-corrected chi connectivity index (χ2v) is 4.66. The second-order valence-electron chi connectivity index (χ2n) is 4.66. The van der Waals surface area contributed by atoms with Gasteiger partial charge in [0, 0.05) is 31.8 Å². The molecule has 1 aromatic rings. The number of halogens is 2. The number of β-amino-alcohol motifs (C(OH)–C–C–N with tert-alkyl or cyclic N) is 1. The molecule has 18 heavy (non-hydrogen) atoms. The van der Waals surface area contributed by atoms with Crippen molar-refractivity contribution in [3.8, 4) is 0 Å². The molecule has 0 saturated carbocycles. The third-order valence-electron chi connectivity index (χ3n) is 3.13. The van der Waals surface area contributed by atoms with E-state index in [0.29, 0.717) is 18.8 Å². The summed E-state index contributed by atoms with van der Waals surface area (Å²) in [6, 6.07) is 2.84. The molecule has 100 valence electrons. The third-order valence-corrected chi connectivity index (χ3v) is 3.13. The Hall–Kier alpha value is -1.27. The highest BCUT2D eigenvalue weighted by Gasteiger charge is 2.28. The first-order valence-electron chi connectivity index (χ1n) is 5.83. The number of rotatable bonds is 2. The molecule has 0 bridgehead atoms. The minimum atomic E-state index is -2.90. The van der Waals surface area contributed by atoms with Crippen LogP contribution < -0.4 is 4.90 Å². The first-order chi connectivity index (χ1) is 8.38. The van der Waals surface area contributed by atoms with Gasteiger partial charge in [0.25, 0.3) is 5.92 Å². The van der Waals surface area contributed by atoms with Crippen LogP contribution in [0.25, 0.3) is 0 Å². The summed E-state index contributed by atoms with van der Waals surface area (Å²) in [5.74, 6) is -2.36. The Morgan fingerprint density at radius 1 is 1.33 bits per heavy atom. The van der Waals surface area contributed by atoms with Gasteiger partial charge in [-0.15, -0.1) is 0 Å². The van der Waals surface area contributed by atoms with Crippen LogP contribution >= 0.6 is 0 Å². The fourth-order valence-electron chi connectivity index (χ4n) is 1.96. The Labute approximate surface area is 104 Å². The van der Waals surface area contributed by atoms with Crippen molar-refractivity contribution in [1.29, 1.82) is 0 Å². The SMILES string of the molecule is CC(F)(F)c1ccc(N2CCC(O)C(O)C2)nc1. The van der Waals surface area contributed by atoms with E-state index in [9.17, 15) is 19.0 Å². The van der Waals surface area contributed by atoms with Crippen LogP contribution in [0.4, 0.5) is 14.6 Å². The van der Waals surface area contributed by atoms with Crippen molar-refractivity contribution in [2.75, 3.05) is 18.0 Å². The maximum absolute atomic E-state index is 13.0. The number of piperidine rings is 1. The number of hydrogen-bond donors (Lipinski definition) is 2. The van der Waals surface area contributed by atoms with E-state index in [0.717, 1.165) is 13.1 Å². The molecule has 1 aliphatic rings. The summed E-state index contributed by atoms with van der Waals surface area (Å²) in [6.45, 7) is 1.63. The monoisotopic (exact) mass is 258 g/mol. The van der Waals surface area contributed by atoms with E-state index in [1.165, 1.54) is 12.1 Å². The molecule has 1 aliphatic heterocycles. The first kappa shape index (κ1) is 13.2. The molecular weight excluding hydrogens is 242 g/mol. The second kappa shape index (κ2) is 4.78. The van der Waals surface area contributed by atoms with Gasteiger partial charge in [0.1, 0.15) is 5.82 Å². The van der Waals surface area contributed by atoms with Crippen molar-refractivity contribution >= 4 is 5.82 Å². The zero-order valence-electron chi connectivity index (χ0n) is 10.1. The lowest BCUT2D eigenvalue weighted by molar-refractivity contribution is 0.00777. The fraction of sp³-hybridized carbons (Fsp3) is 0.583. The number of pyridine rings is 1. The van der Waals surface area contributed by atoms with Gasteiger partial charge >= 0.3 is 0 Å². The fourth-order valence-corrected chi connectivity index (χ4v) is 1.96. The lowest BCUT2D eigenvalue weighted by Crippen LogP contribution is -2.47. The molecule has 1 aromatic heterocycles. The minimum Gasteiger partial charge on any atom is -0.390 e. The molecule has 2 rings (SSSR count). The van der Waals surface area contributed by atoms with Gasteiger partial charge < -0.3 is 15.1 Å². The van der Waals surface area contributed by atoms with Crippen molar-refractivity contribution in [3.05, 3.63) is 23.9 Å². The minimum absolute atomic E-state index is 0.135. The summed E-state index contributed by atoms with van der Waals surface area (Å²) < 4.78 is 26.0. The molecule has 2 unspecified atom stereocenters. The molecule has 4 nitrogen and oxygen atoms in total. The van der Waals surface area contributed by atoms with Crippen LogP contribution in [0.5, 0.6) is 0 Å². The van der Waals surface area contributed by atoms with E-state index in [1.807, 2.05) is 0 Å². The Kier molecular flexibility index (Phi) is 3.49. The van der Waals surface area contributed by atoms with Gasteiger partial charge in [-0.25, -0.2) is 13.8 Å². The molecule has 2 atom stereocenters. The standard InChI is InChI=1S/C12H16F2N2O2/c1-12(13,14)8-2-3-11(15-6-8)16-5-4-9(17)10(18)7-16/h2-3,6,9-10,17-18H,4-5,7H2,1H3. The molecule has 0 amide bonds. The van der Waals surface area contributed by atoms with Crippen LogP contribution in [0, 0.1) is 0 Å². The van der Waals surface area contributed by atoms with Gasteiger partial charge in [0.15, 0.2) is 0 Å². The van der Waals surface area contributed by atoms with E-state index in [2.05, 4.69) is 4.98 Å². The van der Waals surface area contributed by atoms with Gasteiger partial charge in [-0.3, -0.25) is 0 Å². The van der Waals surface area contributed by atoms with Crippen LogP contribution in [-0.2, 0) is 5.92 Å². The quantitative estimate of drug-likeness (QED) is 0.835. The number of nitrogens with zero attached hydrogens (tertiary/aromatic N) is 2. The molecule has 2 heterocycles. The number of aromatic nitrogens is 1. The molecule has 1 fully saturated rings. The highest BCUT2D eigenvalue weighted by molar-refractivity contribution is 5.40. The third kappa shape index (κ3) is 2.76. The van der Waals surface area contributed by atoms with Crippen molar-refractivity contribution in [2.24, 2.45) is 0 Å². The molecular formula is C12H16F2N2O2. The van der Waals surface area contributed by atoms with E-state index in [1.54, 1.807) is 4.90 Å². The van der Waals surface area contributed by atoms with E-state index >= 15 is 0 Å². The zero-order chi connectivity index (χ0) is 13.3. The van der Waals surface area contributed by atoms with Crippen LogP contribution in [0.3, 0.4) is 0 Å². The summed E-state index contributed by atoms with van der Waals surface area (Å²) in [5, 5.41) is 19.0. The molecule has 0 radical (unpaired) electrons. The van der Waals surface area contributed by atoms with E-state index in [-0.39, 0.29) is 12.1 Å². The average molecular weight is 258 g/mol. The predicted molar refractivity (Wildman–Crippen MR) is 62.6 cm³/mol. The molecule has 6 heteroatoms. The van der Waals surface area contributed by atoms with Crippen molar-refractivity contribution < 1.29 is 19.0 Å². The van der Waals surface area contributed by atoms with Crippen molar-refractivity contribution in [1.82, 2.24) is 4.98 Å². The maximum atomic E-state index is 13.0. The number of aliphatic hydroxyl groups excluding tert-OH is 2. The Balaban J connectivity index is 2.11. The Bertz CT molecular complexity index is 406. The Morgan fingerprint density at radius 3 is 2.56 bits per heavy atom. The summed E-state index contributed by atoms with van der Waals surface area (Å²) in [6.07, 6.45) is 0.0368. The largest absolute Gasteiger partial charge is 0.390 e. The van der Waals surface area contributed by atoms with Gasteiger partial charge in [-0.1, -0.05) is 0 Å². The van der Waals surface area contributed by atoms with Gasteiger partial charge in [0.2, 0.25) is 0 Å². The summed E-state index contributed by atoms with van der Waals surface area (Å²) in [7, 11) is 0. The molecule has 0 aliphatic carbocycles. The van der Waals surface area contributed by atoms with Crippen molar-refractivity contribution in [2.45, 2.75) is 31.5 Å². The van der Waals surface area contributed by atoms with Crippen LogP contribution in [0.1, 0.15) is 18.9 Å². The topological polar surface area (TPSA) is 56.6 Å². The lowest BCUT2D eigenvalue weighted by Gasteiger charge is -2.34. The number of hydrogen-bond acceptors (Lipinski definition) is 4. The highest BCUT2D eigenvalue weighted by Crippen LogP contribution is 2.27. The maximum Gasteiger partial charge on any atom is 0.272 e. The van der Waals surface area contributed by atoms with Crippen LogP contribution in [0.15, 0.2) is 18.3 Å². The average Bonchev–Trinajstić information content (AvgIpc) is 2.32. The molecule has 2 N–H and O–H groups in total.